The molecule has 0 spiro atoms. The predicted octanol–water partition coefficient (Wildman–Crippen LogP) is 1.33. The molecule has 0 radical (unpaired) electrons. The summed E-state index contributed by atoms with van der Waals surface area (Å²) in [7, 11) is 0. The molecule has 0 aliphatic carbocycles. The molecule has 0 aliphatic rings. The summed E-state index contributed by atoms with van der Waals surface area (Å²) >= 11 is 1.53. The molecule has 0 aliphatic heterocycles. The number of fused-ring (bicyclic) bond motifs is 2. The first kappa shape index (κ1) is 12.2. The molecule has 0 fully saturated rings. The van der Waals surface area contributed by atoms with Gasteiger partial charge in [-0.2, -0.15) is 29.2 Å². The fraction of sp³-hybridized carbons (Fsp3) is 0.167. The van der Waals surface area contributed by atoms with Gasteiger partial charge in [-0.1, -0.05) is 0 Å². The van der Waals surface area contributed by atoms with E-state index in [0.717, 1.165) is 21.4 Å². The quantitative estimate of drug-likeness (QED) is 0.516. The Morgan fingerprint density at radius 2 is 1.29 bits per heavy atom. The molecule has 0 bridgehead atoms. The standard InChI is InChI=1S/C12H10N8S/c1-7-3-9(19-11(17-7)13-5-15-19)21-10-4-8(2)18-12-14-6-16-20(10)12/h3-6H,1-2H3. The molecule has 4 heterocycles. The monoisotopic (exact) mass is 298 g/mol. The minimum absolute atomic E-state index is 0.582. The number of aromatic nitrogens is 8. The van der Waals surface area contributed by atoms with E-state index in [4.69, 9.17) is 0 Å². The highest BCUT2D eigenvalue weighted by Crippen LogP contribution is 2.28. The van der Waals surface area contributed by atoms with Crippen molar-refractivity contribution in [3.8, 4) is 0 Å². The Balaban J connectivity index is 1.90. The van der Waals surface area contributed by atoms with Crippen molar-refractivity contribution in [2.45, 2.75) is 23.9 Å². The van der Waals surface area contributed by atoms with Gasteiger partial charge < -0.3 is 0 Å². The Morgan fingerprint density at radius 1 is 0.810 bits per heavy atom. The topological polar surface area (TPSA) is 86.2 Å². The largest absolute Gasteiger partial charge is 0.253 e. The molecule has 4 aromatic heterocycles. The van der Waals surface area contributed by atoms with Crippen LogP contribution in [0.2, 0.25) is 0 Å². The maximum Gasteiger partial charge on any atom is 0.253 e. The summed E-state index contributed by atoms with van der Waals surface area (Å²) in [4.78, 5) is 16.9. The number of aryl methyl sites for hydroxylation is 2. The minimum atomic E-state index is 0.582. The van der Waals surface area contributed by atoms with Gasteiger partial charge in [0.15, 0.2) is 0 Å². The van der Waals surface area contributed by atoms with Crippen LogP contribution in [0.3, 0.4) is 0 Å². The molecule has 0 aromatic carbocycles. The Hall–Kier alpha value is -2.55. The van der Waals surface area contributed by atoms with Crippen LogP contribution in [0.25, 0.3) is 11.6 Å². The highest BCUT2D eigenvalue weighted by Gasteiger charge is 2.11. The van der Waals surface area contributed by atoms with E-state index in [1.165, 1.54) is 24.4 Å². The normalized spacial score (nSPS) is 11.5. The molecular formula is C12H10N8S. The SMILES string of the molecule is Cc1cc(Sc2cc(C)nc3ncnn23)n2ncnc2n1. The van der Waals surface area contributed by atoms with Gasteiger partial charge in [-0.25, -0.2) is 9.97 Å². The molecule has 104 valence electrons. The van der Waals surface area contributed by atoms with Gasteiger partial charge in [-0.05, 0) is 37.7 Å². The summed E-state index contributed by atoms with van der Waals surface area (Å²) in [5.74, 6) is 1.16. The lowest BCUT2D eigenvalue weighted by molar-refractivity contribution is 0.811. The van der Waals surface area contributed by atoms with E-state index in [1.54, 1.807) is 9.03 Å². The Labute approximate surface area is 123 Å². The number of nitrogens with zero attached hydrogens (tertiary/aromatic N) is 8. The first-order valence-corrected chi connectivity index (χ1v) is 7.05. The average molecular weight is 298 g/mol. The van der Waals surface area contributed by atoms with Gasteiger partial charge in [0.1, 0.15) is 22.7 Å². The molecule has 0 N–H and O–H groups in total. The molecule has 0 saturated carbocycles. The van der Waals surface area contributed by atoms with Crippen molar-refractivity contribution in [3.05, 3.63) is 36.2 Å². The summed E-state index contributed by atoms with van der Waals surface area (Å²) in [5.41, 5.74) is 1.78. The summed E-state index contributed by atoms with van der Waals surface area (Å²) in [6.07, 6.45) is 2.99. The summed E-state index contributed by atoms with van der Waals surface area (Å²) in [6.45, 7) is 3.86. The fourth-order valence-corrected chi connectivity index (χ4v) is 3.15. The first-order chi connectivity index (χ1) is 10.2. The molecule has 0 amide bonds. The van der Waals surface area contributed by atoms with Crippen molar-refractivity contribution in [3.63, 3.8) is 0 Å². The number of hydrogen-bond acceptors (Lipinski definition) is 7. The zero-order valence-electron chi connectivity index (χ0n) is 11.3. The third kappa shape index (κ3) is 2.02. The molecular weight excluding hydrogens is 288 g/mol. The molecule has 4 aromatic rings. The van der Waals surface area contributed by atoms with Gasteiger partial charge in [0.25, 0.3) is 11.6 Å². The predicted molar refractivity (Wildman–Crippen MR) is 75.2 cm³/mol. The van der Waals surface area contributed by atoms with Crippen LogP contribution in [-0.4, -0.2) is 39.2 Å². The van der Waals surface area contributed by atoms with Gasteiger partial charge >= 0.3 is 0 Å². The van der Waals surface area contributed by atoms with E-state index >= 15 is 0 Å². The van der Waals surface area contributed by atoms with Crippen LogP contribution in [0.1, 0.15) is 11.4 Å². The lowest BCUT2D eigenvalue weighted by Gasteiger charge is -2.06. The number of hydrogen-bond donors (Lipinski definition) is 0. The van der Waals surface area contributed by atoms with E-state index in [-0.39, 0.29) is 0 Å². The smallest absolute Gasteiger partial charge is 0.216 e. The lowest BCUT2D eigenvalue weighted by Crippen LogP contribution is -2.01. The fourth-order valence-electron chi connectivity index (χ4n) is 2.05. The number of rotatable bonds is 2. The maximum absolute atomic E-state index is 4.34. The maximum atomic E-state index is 4.34. The summed E-state index contributed by atoms with van der Waals surface area (Å²) < 4.78 is 3.41. The van der Waals surface area contributed by atoms with Crippen molar-refractivity contribution in [2.24, 2.45) is 0 Å². The van der Waals surface area contributed by atoms with Crippen LogP contribution in [0.4, 0.5) is 0 Å². The van der Waals surface area contributed by atoms with Gasteiger partial charge in [0, 0.05) is 11.4 Å². The second-order valence-electron chi connectivity index (χ2n) is 4.52. The van der Waals surface area contributed by atoms with E-state index in [0.29, 0.717) is 11.6 Å². The van der Waals surface area contributed by atoms with E-state index in [2.05, 4.69) is 30.1 Å². The molecule has 0 atom stereocenters. The molecule has 0 saturated heterocycles. The van der Waals surface area contributed by atoms with Crippen molar-refractivity contribution in [1.82, 2.24) is 39.2 Å². The Bertz CT molecular complexity index is 878. The molecule has 9 heteroatoms. The second-order valence-corrected chi connectivity index (χ2v) is 5.56. The van der Waals surface area contributed by atoms with Gasteiger partial charge in [0.05, 0.1) is 0 Å². The van der Waals surface area contributed by atoms with Crippen LogP contribution >= 0.6 is 11.8 Å². The average Bonchev–Trinajstić information content (AvgIpc) is 3.06. The van der Waals surface area contributed by atoms with Crippen LogP contribution in [-0.2, 0) is 0 Å². The van der Waals surface area contributed by atoms with Gasteiger partial charge in [-0.15, -0.1) is 0 Å². The third-order valence-electron chi connectivity index (χ3n) is 2.90. The van der Waals surface area contributed by atoms with Gasteiger partial charge in [-0.3, -0.25) is 0 Å². The summed E-state index contributed by atoms with van der Waals surface area (Å²) in [6, 6.07) is 3.93. The van der Waals surface area contributed by atoms with Crippen molar-refractivity contribution in [2.75, 3.05) is 0 Å². The van der Waals surface area contributed by atoms with E-state index in [9.17, 15) is 0 Å². The van der Waals surface area contributed by atoms with Crippen LogP contribution < -0.4 is 0 Å². The molecule has 4 rings (SSSR count). The molecule has 0 unspecified atom stereocenters. The van der Waals surface area contributed by atoms with Crippen molar-refractivity contribution >= 4 is 23.3 Å². The minimum Gasteiger partial charge on any atom is -0.216 e. The second kappa shape index (κ2) is 4.48. The van der Waals surface area contributed by atoms with Crippen molar-refractivity contribution in [1.29, 1.82) is 0 Å². The molecule has 21 heavy (non-hydrogen) atoms. The first-order valence-electron chi connectivity index (χ1n) is 6.23. The van der Waals surface area contributed by atoms with Crippen LogP contribution in [0.15, 0.2) is 34.8 Å². The Morgan fingerprint density at radius 3 is 1.76 bits per heavy atom. The van der Waals surface area contributed by atoms with E-state index < -0.39 is 0 Å². The van der Waals surface area contributed by atoms with Crippen LogP contribution in [0, 0.1) is 13.8 Å². The zero-order chi connectivity index (χ0) is 14.4. The zero-order valence-corrected chi connectivity index (χ0v) is 12.1. The lowest BCUT2D eigenvalue weighted by atomic mass is 10.5. The third-order valence-corrected chi connectivity index (χ3v) is 3.90. The highest BCUT2D eigenvalue weighted by molar-refractivity contribution is 7.99. The Kier molecular flexibility index (Phi) is 2.61. The molecule has 8 nitrogen and oxygen atoms in total. The highest BCUT2D eigenvalue weighted by atomic mass is 32.2. The van der Waals surface area contributed by atoms with Crippen LogP contribution in [0.5, 0.6) is 0 Å². The summed E-state index contributed by atoms with van der Waals surface area (Å²) in [5, 5.41) is 10.2. The van der Waals surface area contributed by atoms with E-state index in [1.807, 2.05) is 26.0 Å². The van der Waals surface area contributed by atoms with Gasteiger partial charge in [0.2, 0.25) is 0 Å². The van der Waals surface area contributed by atoms with Crippen molar-refractivity contribution < 1.29 is 0 Å².